The number of halogens is 2. The molecular weight excluding hydrogens is 300 g/mol. The number of aliphatic carboxylic acids is 1. The van der Waals surface area contributed by atoms with E-state index in [1.807, 2.05) is 6.92 Å². The van der Waals surface area contributed by atoms with Gasteiger partial charge in [-0.1, -0.05) is 13.3 Å². The third kappa shape index (κ3) is 6.12. The van der Waals surface area contributed by atoms with Crippen molar-refractivity contribution in [2.45, 2.75) is 37.1 Å². The molecule has 1 amide bonds. The van der Waals surface area contributed by atoms with E-state index in [-0.39, 0.29) is 12.3 Å². The summed E-state index contributed by atoms with van der Waals surface area (Å²) in [6, 6.07) is 2.64. The van der Waals surface area contributed by atoms with Crippen molar-refractivity contribution >= 4 is 23.6 Å². The number of amides is 1. The Morgan fingerprint density at radius 1 is 1.33 bits per heavy atom. The van der Waals surface area contributed by atoms with Crippen molar-refractivity contribution in [1.82, 2.24) is 5.32 Å². The van der Waals surface area contributed by atoms with Crippen LogP contribution in [0.25, 0.3) is 0 Å². The van der Waals surface area contributed by atoms with Gasteiger partial charge in [0.15, 0.2) is 11.6 Å². The Hall–Kier alpha value is -1.63. The van der Waals surface area contributed by atoms with Gasteiger partial charge in [0.25, 0.3) is 0 Å². The van der Waals surface area contributed by atoms with E-state index < -0.39 is 23.6 Å². The summed E-state index contributed by atoms with van der Waals surface area (Å²) in [5, 5.41) is 11.4. The van der Waals surface area contributed by atoms with E-state index >= 15 is 0 Å². The summed E-state index contributed by atoms with van der Waals surface area (Å²) in [4.78, 5) is 23.0. The van der Waals surface area contributed by atoms with Gasteiger partial charge < -0.3 is 10.4 Å². The van der Waals surface area contributed by atoms with Gasteiger partial charge in [0.05, 0.1) is 0 Å². The minimum Gasteiger partial charge on any atom is -0.480 e. The fourth-order valence-corrected chi connectivity index (χ4v) is 2.52. The minimum absolute atomic E-state index is 0.108. The van der Waals surface area contributed by atoms with E-state index in [1.165, 1.54) is 17.8 Å². The molecule has 7 heteroatoms. The minimum atomic E-state index is -1.06. The Balaban J connectivity index is 2.39. The quantitative estimate of drug-likeness (QED) is 0.724. The molecule has 0 aliphatic rings. The second kappa shape index (κ2) is 8.61. The first-order valence-corrected chi connectivity index (χ1v) is 7.52. The molecule has 0 radical (unpaired) electrons. The highest BCUT2D eigenvalue weighted by atomic mass is 32.2. The second-order valence-corrected chi connectivity index (χ2v) is 5.59. The smallest absolute Gasteiger partial charge is 0.326 e. The number of hydrogen-bond donors (Lipinski definition) is 2. The molecule has 0 aromatic heterocycles. The molecule has 0 saturated carbocycles. The van der Waals surface area contributed by atoms with Gasteiger partial charge in [0.1, 0.15) is 6.04 Å². The average Bonchev–Trinajstić information content (AvgIpc) is 2.42. The van der Waals surface area contributed by atoms with Crippen molar-refractivity contribution in [2.24, 2.45) is 0 Å². The van der Waals surface area contributed by atoms with Crippen molar-refractivity contribution in [3.63, 3.8) is 0 Å². The molecule has 116 valence electrons. The molecule has 0 heterocycles. The van der Waals surface area contributed by atoms with Gasteiger partial charge in [0, 0.05) is 17.1 Å². The number of hydrogen-bond acceptors (Lipinski definition) is 3. The van der Waals surface area contributed by atoms with Crippen LogP contribution in [0.3, 0.4) is 0 Å². The molecule has 2 N–H and O–H groups in total. The number of rotatable bonds is 8. The summed E-state index contributed by atoms with van der Waals surface area (Å²) in [5.74, 6) is -2.92. The highest BCUT2D eigenvalue weighted by Gasteiger charge is 2.18. The predicted octanol–water partition coefficient (Wildman–Crippen LogP) is 2.82. The molecule has 1 rings (SSSR count). The average molecular weight is 317 g/mol. The zero-order valence-electron chi connectivity index (χ0n) is 11.6. The fourth-order valence-electron chi connectivity index (χ4n) is 1.64. The summed E-state index contributed by atoms with van der Waals surface area (Å²) >= 11 is 1.21. The van der Waals surface area contributed by atoms with Crippen LogP contribution in [0.15, 0.2) is 23.1 Å². The molecule has 1 aromatic carbocycles. The maximum atomic E-state index is 13.0. The van der Waals surface area contributed by atoms with Crippen molar-refractivity contribution in [3.05, 3.63) is 29.8 Å². The molecule has 1 aromatic rings. The van der Waals surface area contributed by atoms with E-state index in [9.17, 15) is 18.4 Å². The Labute approximate surface area is 125 Å². The first-order valence-electron chi connectivity index (χ1n) is 6.54. The van der Waals surface area contributed by atoms with E-state index in [0.29, 0.717) is 23.5 Å². The maximum Gasteiger partial charge on any atom is 0.326 e. The third-order valence-corrected chi connectivity index (χ3v) is 3.70. The van der Waals surface area contributed by atoms with Crippen LogP contribution in [-0.4, -0.2) is 28.8 Å². The number of nitrogens with one attached hydrogen (secondary N) is 1. The van der Waals surface area contributed by atoms with Crippen LogP contribution in [0.1, 0.15) is 26.2 Å². The second-order valence-electron chi connectivity index (χ2n) is 4.42. The summed E-state index contributed by atoms with van der Waals surface area (Å²) in [6.45, 7) is 1.83. The molecular formula is C14H17F2NO3S. The highest BCUT2D eigenvalue weighted by Crippen LogP contribution is 2.21. The van der Waals surface area contributed by atoms with E-state index in [0.717, 1.165) is 12.1 Å². The fraction of sp³-hybridized carbons (Fsp3) is 0.429. The van der Waals surface area contributed by atoms with Gasteiger partial charge in [-0.05, 0) is 24.6 Å². The van der Waals surface area contributed by atoms with Gasteiger partial charge in [-0.3, -0.25) is 4.79 Å². The molecule has 0 saturated heterocycles. The Morgan fingerprint density at radius 3 is 2.62 bits per heavy atom. The van der Waals surface area contributed by atoms with Crippen LogP contribution < -0.4 is 5.32 Å². The lowest BCUT2D eigenvalue weighted by Gasteiger charge is -2.13. The van der Waals surface area contributed by atoms with Crippen LogP contribution in [0.4, 0.5) is 8.78 Å². The zero-order chi connectivity index (χ0) is 15.8. The van der Waals surface area contributed by atoms with Crippen LogP contribution in [0.2, 0.25) is 0 Å². The molecule has 0 aliphatic carbocycles. The van der Waals surface area contributed by atoms with E-state index in [1.54, 1.807) is 0 Å². The first-order chi connectivity index (χ1) is 9.93. The van der Waals surface area contributed by atoms with Crippen molar-refractivity contribution in [3.8, 4) is 0 Å². The van der Waals surface area contributed by atoms with Crippen LogP contribution >= 0.6 is 11.8 Å². The molecule has 4 nitrogen and oxygen atoms in total. The summed E-state index contributed by atoms with van der Waals surface area (Å²) in [7, 11) is 0. The van der Waals surface area contributed by atoms with E-state index in [4.69, 9.17) is 5.11 Å². The molecule has 0 bridgehead atoms. The normalized spacial score (nSPS) is 12.0. The highest BCUT2D eigenvalue weighted by molar-refractivity contribution is 7.99. The number of thioether (sulfide) groups is 1. The monoisotopic (exact) mass is 317 g/mol. The van der Waals surface area contributed by atoms with Gasteiger partial charge in [-0.2, -0.15) is 0 Å². The molecule has 0 unspecified atom stereocenters. The summed E-state index contributed by atoms with van der Waals surface area (Å²) in [5.41, 5.74) is 0. The lowest BCUT2D eigenvalue weighted by Crippen LogP contribution is -2.40. The Morgan fingerprint density at radius 2 is 2.05 bits per heavy atom. The van der Waals surface area contributed by atoms with Crippen molar-refractivity contribution in [2.75, 3.05) is 5.75 Å². The van der Waals surface area contributed by atoms with Crippen LogP contribution in [0.5, 0.6) is 0 Å². The number of carbonyl (C=O) groups excluding carboxylic acids is 1. The van der Waals surface area contributed by atoms with E-state index in [2.05, 4.69) is 5.32 Å². The van der Waals surface area contributed by atoms with Crippen LogP contribution in [-0.2, 0) is 9.59 Å². The third-order valence-electron chi connectivity index (χ3n) is 2.70. The topological polar surface area (TPSA) is 66.4 Å². The zero-order valence-corrected chi connectivity index (χ0v) is 12.4. The van der Waals surface area contributed by atoms with Crippen molar-refractivity contribution in [1.29, 1.82) is 0 Å². The van der Waals surface area contributed by atoms with Crippen LogP contribution in [0, 0.1) is 11.6 Å². The molecule has 21 heavy (non-hydrogen) atoms. The first kappa shape index (κ1) is 17.4. The number of benzene rings is 1. The maximum absolute atomic E-state index is 13.0. The summed E-state index contributed by atoms with van der Waals surface area (Å²) < 4.78 is 25.7. The van der Waals surface area contributed by atoms with Gasteiger partial charge in [-0.25, -0.2) is 13.6 Å². The molecule has 0 aliphatic heterocycles. The molecule has 0 spiro atoms. The standard InChI is InChI=1S/C14H17F2NO3S/c1-2-3-12(14(19)20)17-13(18)6-7-21-9-4-5-10(15)11(16)8-9/h4-5,8,12H,2-3,6-7H2,1H3,(H,17,18)(H,19,20)/t12-/m0/s1. The Bertz CT molecular complexity index is 511. The SMILES string of the molecule is CCC[C@H](NC(=O)CCSc1ccc(F)c(F)c1)C(=O)O. The van der Waals surface area contributed by atoms with Gasteiger partial charge >= 0.3 is 5.97 Å². The van der Waals surface area contributed by atoms with Gasteiger partial charge in [-0.15, -0.1) is 11.8 Å². The summed E-state index contributed by atoms with van der Waals surface area (Å²) in [6.07, 6.45) is 1.13. The molecule has 1 atom stereocenters. The number of carboxylic acid groups (broad SMARTS) is 1. The largest absolute Gasteiger partial charge is 0.480 e. The molecule has 0 fully saturated rings. The van der Waals surface area contributed by atoms with Gasteiger partial charge in [0.2, 0.25) is 5.91 Å². The lowest BCUT2D eigenvalue weighted by atomic mass is 10.1. The Kier molecular flexibility index (Phi) is 7.14. The van der Waals surface area contributed by atoms with Crippen molar-refractivity contribution < 1.29 is 23.5 Å². The lowest BCUT2D eigenvalue weighted by molar-refractivity contribution is -0.142. The number of carboxylic acids is 1. The predicted molar refractivity (Wildman–Crippen MR) is 76.2 cm³/mol. The number of carbonyl (C=O) groups is 2.